The summed E-state index contributed by atoms with van der Waals surface area (Å²) in [5, 5.41) is 0. The van der Waals surface area contributed by atoms with Crippen LogP contribution in [0.3, 0.4) is 0 Å². The lowest BCUT2D eigenvalue weighted by Crippen LogP contribution is -1.90. The molecule has 0 amide bonds. The van der Waals surface area contributed by atoms with Crippen molar-refractivity contribution in [3.63, 3.8) is 0 Å². The predicted octanol–water partition coefficient (Wildman–Crippen LogP) is 3.98. The molecular formula is C12H15NS. The summed E-state index contributed by atoms with van der Waals surface area (Å²) in [5.41, 5.74) is 5.94. The van der Waals surface area contributed by atoms with Gasteiger partial charge in [-0.1, -0.05) is 26.8 Å². The molecule has 2 aromatic rings. The number of nitrogens with zero attached hydrogens (tertiary/aromatic N) is 1. The molecular weight excluding hydrogens is 190 g/mol. The third-order valence-electron chi connectivity index (χ3n) is 2.58. The molecule has 2 heteroatoms. The van der Waals surface area contributed by atoms with E-state index in [1.807, 2.05) is 5.51 Å². The Morgan fingerprint density at radius 3 is 2.79 bits per heavy atom. The molecule has 0 aliphatic rings. The van der Waals surface area contributed by atoms with Gasteiger partial charge in [0, 0.05) is 0 Å². The van der Waals surface area contributed by atoms with Crippen LogP contribution in [0.5, 0.6) is 0 Å². The van der Waals surface area contributed by atoms with Gasteiger partial charge in [-0.05, 0) is 29.5 Å². The maximum atomic E-state index is 4.39. The van der Waals surface area contributed by atoms with Gasteiger partial charge >= 0.3 is 0 Å². The minimum Gasteiger partial charge on any atom is -0.245 e. The van der Waals surface area contributed by atoms with Crippen molar-refractivity contribution in [2.45, 2.75) is 33.1 Å². The highest BCUT2D eigenvalue weighted by Crippen LogP contribution is 2.27. The van der Waals surface area contributed by atoms with Gasteiger partial charge in [0.05, 0.1) is 15.7 Å². The van der Waals surface area contributed by atoms with Gasteiger partial charge in [0.15, 0.2) is 0 Å². The number of fused-ring (bicyclic) bond motifs is 1. The van der Waals surface area contributed by atoms with Crippen LogP contribution in [0.1, 0.15) is 37.8 Å². The minimum atomic E-state index is 0.589. The minimum absolute atomic E-state index is 0.589. The lowest BCUT2D eigenvalue weighted by Gasteiger charge is -2.07. The number of aromatic nitrogens is 1. The number of aryl methyl sites for hydroxylation is 1. The van der Waals surface area contributed by atoms with E-state index in [1.54, 1.807) is 11.3 Å². The second-order valence-electron chi connectivity index (χ2n) is 3.89. The lowest BCUT2D eigenvalue weighted by atomic mass is 9.99. The van der Waals surface area contributed by atoms with Gasteiger partial charge in [-0.25, -0.2) is 4.98 Å². The zero-order valence-corrected chi connectivity index (χ0v) is 9.69. The van der Waals surface area contributed by atoms with Gasteiger partial charge in [0.1, 0.15) is 0 Å². The van der Waals surface area contributed by atoms with Crippen molar-refractivity contribution in [3.8, 4) is 0 Å². The summed E-state index contributed by atoms with van der Waals surface area (Å²) in [6.45, 7) is 6.67. The van der Waals surface area contributed by atoms with Crippen LogP contribution in [0.15, 0.2) is 17.6 Å². The fraction of sp³-hybridized carbons (Fsp3) is 0.417. The Balaban J connectivity index is 2.67. The summed E-state index contributed by atoms with van der Waals surface area (Å²) in [5.74, 6) is 0.589. The number of rotatable bonds is 2. The molecule has 1 heterocycles. The van der Waals surface area contributed by atoms with Crippen molar-refractivity contribution in [1.82, 2.24) is 4.98 Å². The first-order valence-electron chi connectivity index (χ1n) is 5.08. The van der Waals surface area contributed by atoms with Crippen LogP contribution >= 0.6 is 11.3 Å². The highest BCUT2D eigenvalue weighted by atomic mass is 32.1. The van der Waals surface area contributed by atoms with Crippen LogP contribution in [0.2, 0.25) is 0 Å². The van der Waals surface area contributed by atoms with E-state index in [4.69, 9.17) is 0 Å². The smallest absolute Gasteiger partial charge is 0.0817 e. The van der Waals surface area contributed by atoms with E-state index in [0.29, 0.717) is 5.92 Å². The molecule has 14 heavy (non-hydrogen) atoms. The van der Waals surface area contributed by atoms with Crippen molar-refractivity contribution in [1.29, 1.82) is 0 Å². The molecule has 74 valence electrons. The molecule has 0 radical (unpaired) electrons. The molecule has 0 saturated carbocycles. The average molecular weight is 205 g/mol. The van der Waals surface area contributed by atoms with E-state index in [9.17, 15) is 0 Å². The van der Waals surface area contributed by atoms with Crippen LogP contribution < -0.4 is 0 Å². The fourth-order valence-corrected chi connectivity index (χ4v) is 2.52. The second kappa shape index (κ2) is 3.70. The summed E-state index contributed by atoms with van der Waals surface area (Å²) < 4.78 is 1.36. The monoisotopic (exact) mass is 205 g/mol. The Hall–Kier alpha value is -0.890. The van der Waals surface area contributed by atoms with Crippen LogP contribution in [-0.4, -0.2) is 4.98 Å². The highest BCUT2D eigenvalue weighted by molar-refractivity contribution is 7.16. The SMILES string of the molecule is CCc1cc(C(C)C)cc2ncsc12. The standard InChI is InChI=1S/C12H15NS/c1-4-9-5-10(8(2)3)6-11-12(9)14-7-13-11/h5-8H,4H2,1-3H3. The first-order chi connectivity index (χ1) is 6.72. The van der Waals surface area contributed by atoms with Crippen LogP contribution in [-0.2, 0) is 6.42 Å². The molecule has 2 rings (SSSR count). The predicted molar refractivity (Wildman–Crippen MR) is 63.1 cm³/mol. The van der Waals surface area contributed by atoms with Gasteiger partial charge in [0.25, 0.3) is 0 Å². The topological polar surface area (TPSA) is 12.9 Å². The van der Waals surface area contributed by atoms with Gasteiger partial charge in [0.2, 0.25) is 0 Å². The average Bonchev–Trinajstić information content (AvgIpc) is 2.63. The number of thiazole rings is 1. The number of hydrogen-bond donors (Lipinski definition) is 0. The zero-order chi connectivity index (χ0) is 10.1. The molecule has 0 aliphatic heterocycles. The summed E-state index contributed by atoms with van der Waals surface area (Å²) in [6, 6.07) is 4.54. The van der Waals surface area contributed by atoms with E-state index < -0.39 is 0 Å². The van der Waals surface area contributed by atoms with Gasteiger partial charge in [-0.3, -0.25) is 0 Å². The van der Waals surface area contributed by atoms with Gasteiger partial charge < -0.3 is 0 Å². The summed E-state index contributed by atoms with van der Waals surface area (Å²) in [7, 11) is 0. The van der Waals surface area contributed by atoms with Crippen molar-refractivity contribution in [3.05, 3.63) is 28.8 Å². The zero-order valence-electron chi connectivity index (χ0n) is 8.87. The highest BCUT2D eigenvalue weighted by Gasteiger charge is 2.07. The third kappa shape index (κ3) is 1.55. The largest absolute Gasteiger partial charge is 0.245 e. The summed E-state index contributed by atoms with van der Waals surface area (Å²) in [6.07, 6.45) is 1.10. The molecule has 0 spiro atoms. The molecule has 1 nitrogen and oxygen atoms in total. The molecule has 0 saturated heterocycles. The Morgan fingerprint density at radius 1 is 1.36 bits per heavy atom. The Labute approximate surface area is 88.8 Å². The fourth-order valence-electron chi connectivity index (χ4n) is 1.66. The van der Waals surface area contributed by atoms with Crippen molar-refractivity contribution < 1.29 is 0 Å². The third-order valence-corrected chi connectivity index (χ3v) is 3.50. The van der Waals surface area contributed by atoms with Crippen molar-refractivity contribution in [2.75, 3.05) is 0 Å². The quantitative estimate of drug-likeness (QED) is 0.722. The molecule has 0 aliphatic carbocycles. The lowest BCUT2D eigenvalue weighted by molar-refractivity contribution is 0.865. The Bertz CT molecular complexity index is 443. The Kier molecular flexibility index (Phi) is 2.55. The van der Waals surface area contributed by atoms with E-state index in [0.717, 1.165) is 11.9 Å². The number of benzene rings is 1. The van der Waals surface area contributed by atoms with Gasteiger partial charge in [-0.2, -0.15) is 0 Å². The van der Waals surface area contributed by atoms with Crippen molar-refractivity contribution >= 4 is 21.6 Å². The molecule has 0 bridgehead atoms. The molecule has 1 aromatic carbocycles. The summed E-state index contributed by atoms with van der Waals surface area (Å²) >= 11 is 1.75. The maximum absolute atomic E-state index is 4.39. The molecule has 0 atom stereocenters. The second-order valence-corrected chi connectivity index (χ2v) is 4.74. The molecule has 0 unspecified atom stereocenters. The first-order valence-corrected chi connectivity index (χ1v) is 5.96. The Morgan fingerprint density at radius 2 is 2.14 bits per heavy atom. The van der Waals surface area contributed by atoms with E-state index in [-0.39, 0.29) is 0 Å². The van der Waals surface area contributed by atoms with E-state index >= 15 is 0 Å². The van der Waals surface area contributed by atoms with Gasteiger partial charge in [-0.15, -0.1) is 11.3 Å². The van der Waals surface area contributed by atoms with Crippen LogP contribution in [0.25, 0.3) is 10.2 Å². The maximum Gasteiger partial charge on any atom is 0.0817 e. The van der Waals surface area contributed by atoms with Crippen molar-refractivity contribution in [2.24, 2.45) is 0 Å². The summed E-state index contributed by atoms with van der Waals surface area (Å²) in [4.78, 5) is 4.39. The normalized spacial score (nSPS) is 11.4. The van der Waals surface area contributed by atoms with E-state index in [1.165, 1.54) is 15.8 Å². The first kappa shape index (κ1) is 9.66. The number of hydrogen-bond acceptors (Lipinski definition) is 2. The van der Waals surface area contributed by atoms with E-state index in [2.05, 4.69) is 37.9 Å². The van der Waals surface area contributed by atoms with Crippen LogP contribution in [0, 0.1) is 0 Å². The molecule has 0 N–H and O–H groups in total. The molecule has 0 fully saturated rings. The van der Waals surface area contributed by atoms with Crippen LogP contribution in [0.4, 0.5) is 0 Å². The molecule has 1 aromatic heterocycles.